The number of hydrogen-bond acceptors (Lipinski definition) is 4. The highest BCUT2D eigenvalue weighted by Crippen LogP contribution is 2.28. The minimum absolute atomic E-state index is 0.0385. The highest BCUT2D eigenvalue weighted by Gasteiger charge is 2.35. The Kier molecular flexibility index (Phi) is 6.42. The fourth-order valence-electron chi connectivity index (χ4n) is 3.64. The third kappa shape index (κ3) is 4.69. The van der Waals surface area contributed by atoms with Gasteiger partial charge < -0.3 is 14.5 Å². The molecule has 1 saturated heterocycles. The van der Waals surface area contributed by atoms with Gasteiger partial charge in [0.2, 0.25) is 11.8 Å². The summed E-state index contributed by atoms with van der Waals surface area (Å²) in [6.45, 7) is 0.455. The number of hydrogen-bond donors (Lipinski definition) is 0. The number of likely N-dealkylation sites (N-methyl/N-ethyl adjacent to an activating group) is 1. The van der Waals surface area contributed by atoms with Gasteiger partial charge in [-0.3, -0.25) is 14.4 Å². The van der Waals surface area contributed by atoms with E-state index in [0.717, 1.165) is 25.7 Å². The molecule has 0 aromatic carbocycles. The predicted molar refractivity (Wildman–Crippen MR) is 85.6 cm³/mol. The number of carbonyl (C=O) groups excluding carboxylic acids is 3. The molecule has 2 amide bonds. The maximum atomic E-state index is 12.5. The van der Waals surface area contributed by atoms with Crippen LogP contribution in [-0.2, 0) is 19.1 Å². The Balaban J connectivity index is 1.97. The molecule has 0 radical (unpaired) electrons. The van der Waals surface area contributed by atoms with Gasteiger partial charge in [-0.05, 0) is 19.3 Å². The summed E-state index contributed by atoms with van der Waals surface area (Å²) in [4.78, 5) is 39.5. The van der Waals surface area contributed by atoms with Gasteiger partial charge in [-0.2, -0.15) is 0 Å². The zero-order valence-electron chi connectivity index (χ0n) is 14.3. The first-order chi connectivity index (χ1) is 11.0. The maximum Gasteiger partial charge on any atom is 0.325 e. The number of ether oxygens (including phenoxy) is 1. The van der Waals surface area contributed by atoms with Crippen molar-refractivity contribution >= 4 is 17.8 Å². The van der Waals surface area contributed by atoms with Crippen LogP contribution in [0.15, 0.2) is 0 Å². The van der Waals surface area contributed by atoms with Crippen LogP contribution in [0.4, 0.5) is 0 Å². The smallest absolute Gasteiger partial charge is 0.325 e. The van der Waals surface area contributed by atoms with Crippen molar-refractivity contribution in [1.29, 1.82) is 0 Å². The Labute approximate surface area is 138 Å². The Morgan fingerprint density at radius 2 is 1.83 bits per heavy atom. The van der Waals surface area contributed by atoms with Crippen molar-refractivity contribution in [3.05, 3.63) is 0 Å². The van der Waals surface area contributed by atoms with Crippen molar-refractivity contribution in [1.82, 2.24) is 9.80 Å². The van der Waals surface area contributed by atoms with Crippen LogP contribution in [0.2, 0.25) is 0 Å². The lowest BCUT2D eigenvalue weighted by Crippen LogP contribution is -2.50. The number of esters is 1. The molecule has 0 aromatic heterocycles. The molecule has 2 rings (SSSR count). The van der Waals surface area contributed by atoms with Crippen molar-refractivity contribution in [2.75, 3.05) is 27.2 Å². The monoisotopic (exact) mass is 324 g/mol. The summed E-state index contributed by atoms with van der Waals surface area (Å²) in [6, 6.07) is 0.284. The summed E-state index contributed by atoms with van der Waals surface area (Å²) in [6.07, 6.45) is 7.90. The highest BCUT2D eigenvalue weighted by molar-refractivity contribution is 5.86. The van der Waals surface area contributed by atoms with Gasteiger partial charge in [0.25, 0.3) is 0 Å². The van der Waals surface area contributed by atoms with Crippen LogP contribution in [0.3, 0.4) is 0 Å². The maximum absolute atomic E-state index is 12.5. The van der Waals surface area contributed by atoms with Crippen LogP contribution in [-0.4, -0.2) is 60.9 Å². The summed E-state index contributed by atoms with van der Waals surface area (Å²) in [5.41, 5.74) is 0. The van der Waals surface area contributed by atoms with Crippen LogP contribution in [0, 0.1) is 5.92 Å². The lowest BCUT2D eigenvalue weighted by atomic mass is 9.93. The fourth-order valence-corrected chi connectivity index (χ4v) is 3.64. The van der Waals surface area contributed by atoms with Crippen molar-refractivity contribution < 1.29 is 19.1 Å². The zero-order valence-corrected chi connectivity index (χ0v) is 14.3. The minimum atomic E-state index is -0.423. The topological polar surface area (TPSA) is 66.9 Å². The molecule has 1 aliphatic carbocycles. The van der Waals surface area contributed by atoms with Gasteiger partial charge in [0.05, 0.1) is 13.0 Å². The molecule has 0 bridgehead atoms. The lowest BCUT2D eigenvalue weighted by molar-refractivity contribution is -0.150. The first-order valence-electron chi connectivity index (χ1n) is 8.64. The number of amides is 2. The molecule has 0 aromatic rings. The van der Waals surface area contributed by atoms with E-state index in [-0.39, 0.29) is 30.3 Å². The van der Waals surface area contributed by atoms with Crippen molar-refractivity contribution in [2.45, 2.75) is 57.4 Å². The Morgan fingerprint density at radius 3 is 2.43 bits per heavy atom. The van der Waals surface area contributed by atoms with Gasteiger partial charge in [-0.1, -0.05) is 25.7 Å². The van der Waals surface area contributed by atoms with E-state index in [0.29, 0.717) is 19.4 Å². The molecule has 0 N–H and O–H groups in total. The van der Waals surface area contributed by atoms with E-state index in [1.807, 2.05) is 4.90 Å². The first kappa shape index (κ1) is 17.8. The van der Waals surface area contributed by atoms with Crippen LogP contribution in [0.5, 0.6) is 0 Å². The van der Waals surface area contributed by atoms with Crippen molar-refractivity contribution in [3.8, 4) is 0 Å². The van der Waals surface area contributed by atoms with Gasteiger partial charge >= 0.3 is 5.97 Å². The van der Waals surface area contributed by atoms with Gasteiger partial charge in [0.1, 0.15) is 6.54 Å². The molecule has 6 nitrogen and oxygen atoms in total. The third-order valence-corrected chi connectivity index (χ3v) is 5.03. The van der Waals surface area contributed by atoms with E-state index in [1.54, 1.807) is 7.05 Å². The van der Waals surface area contributed by atoms with Crippen LogP contribution in [0.1, 0.15) is 51.4 Å². The van der Waals surface area contributed by atoms with Crippen molar-refractivity contribution in [3.63, 3.8) is 0 Å². The number of carbonyl (C=O) groups is 3. The highest BCUT2D eigenvalue weighted by atomic mass is 16.5. The summed E-state index contributed by atoms with van der Waals surface area (Å²) < 4.78 is 4.61. The van der Waals surface area contributed by atoms with E-state index in [9.17, 15) is 14.4 Å². The Hall–Kier alpha value is -1.59. The largest absolute Gasteiger partial charge is 0.468 e. The summed E-state index contributed by atoms with van der Waals surface area (Å²) in [7, 11) is 2.93. The first-order valence-corrected chi connectivity index (χ1v) is 8.64. The number of rotatable bonds is 4. The molecule has 0 spiro atoms. The molecule has 2 aliphatic rings. The normalized spacial score (nSPS) is 23.3. The SMILES string of the molecule is COC(=O)CN(C)C(=O)[C@H]1CCC(=O)N(C2CCCCCC2)C1. The van der Waals surface area contributed by atoms with Crippen LogP contribution >= 0.6 is 0 Å². The Bertz CT molecular complexity index is 444. The molecule has 1 saturated carbocycles. The van der Waals surface area contributed by atoms with E-state index in [4.69, 9.17) is 0 Å². The lowest BCUT2D eigenvalue weighted by Gasteiger charge is -2.38. The number of methoxy groups -OCH3 is 1. The number of nitrogens with zero attached hydrogens (tertiary/aromatic N) is 2. The van der Waals surface area contributed by atoms with Gasteiger partial charge in [0, 0.05) is 26.1 Å². The second kappa shape index (κ2) is 8.31. The second-order valence-corrected chi connectivity index (χ2v) is 6.70. The minimum Gasteiger partial charge on any atom is -0.468 e. The number of piperidine rings is 1. The Morgan fingerprint density at radius 1 is 1.17 bits per heavy atom. The molecule has 1 atom stereocenters. The summed E-state index contributed by atoms with van der Waals surface area (Å²) in [5, 5.41) is 0. The zero-order chi connectivity index (χ0) is 16.8. The fraction of sp³-hybridized carbons (Fsp3) is 0.824. The predicted octanol–water partition coefficient (Wildman–Crippen LogP) is 1.58. The molecule has 0 unspecified atom stereocenters. The average Bonchev–Trinajstić information content (AvgIpc) is 2.83. The van der Waals surface area contributed by atoms with E-state index < -0.39 is 5.97 Å². The summed E-state index contributed by atoms with van der Waals surface area (Å²) >= 11 is 0. The van der Waals surface area contributed by atoms with Crippen molar-refractivity contribution in [2.24, 2.45) is 5.92 Å². The molecule has 1 aliphatic heterocycles. The van der Waals surface area contributed by atoms with E-state index in [1.165, 1.54) is 24.9 Å². The average molecular weight is 324 g/mol. The van der Waals surface area contributed by atoms with Gasteiger partial charge in [-0.15, -0.1) is 0 Å². The third-order valence-electron chi connectivity index (χ3n) is 5.03. The van der Waals surface area contributed by atoms with E-state index in [2.05, 4.69) is 4.74 Å². The molecule has 1 heterocycles. The number of likely N-dealkylation sites (tertiary alicyclic amines) is 1. The molecule has 23 heavy (non-hydrogen) atoms. The molecule has 6 heteroatoms. The molecular formula is C17H28N2O4. The molecular weight excluding hydrogens is 296 g/mol. The standard InChI is InChI=1S/C17H28N2O4/c1-18(12-16(21)23-2)17(22)13-9-10-15(20)19(11-13)14-7-5-3-4-6-8-14/h13-14H,3-12H2,1-2H3/t13-/m0/s1. The van der Waals surface area contributed by atoms with Gasteiger partial charge in [0.15, 0.2) is 0 Å². The van der Waals surface area contributed by atoms with E-state index >= 15 is 0 Å². The van der Waals surface area contributed by atoms with Crippen LogP contribution in [0.25, 0.3) is 0 Å². The summed E-state index contributed by atoms with van der Waals surface area (Å²) in [5.74, 6) is -0.517. The molecule has 130 valence electrons. The molecule has 2 fully saturated rings. The van der Waals surface area contributed by atoms with Gasteiger partial charge in [-0.25, -0.2) is 0 Å². The van der Waals surface area contributed by atoms with Crippen LogP contribution < -0.4 is 0 Å². The quantitative estimate of drug-likeness (QED) is 0.582. The second-order valence-electron chi connectivity index (χ2n) is 6.70.